The first-order chi connectivity index (χ1) is 26.2. The molecule has 0 fully saturated rings. The van der Waals surface area contributed by atoms with Gasteiger partial charge in [-0.1, -0.05) is 121 Å². The van der Waals surface area contributed by atoms with E-state index in [1.807, 2.05) is 23.0 Å². The Morgan fingerprint density at radius 1 is 0.527 bits per heavy atom. The Kier molecular flexibility index (Phi) is 8.80. The summed E-state index contributed by atoms with van der Waals surface area (Å²) in [7, 11) is 0. The van der Waals surface area contributed by atoms with Gasteiger partial charge in [0.15, 0.2) is 0 Å². The van der Waals surface area contributed by atoms with Crippen LogP contribution in [0.5, 0.6) is 11.5 Å². The normalized spacial score (nSPS) is 12.5. The molecule has 55 heavy (non-hydrogen) atoms. The molecule has 0 bridgehead atoms. The van der Waals surface area contributed by atoms with Crippen LogP contribution in [-0.2, 0) is 16.2 Å². The van der Waals surface area contributed by atoms with E-state index in [9.17, 15) is 0 Å². The quantitative estimate of drug-likeness (QED) is 0.157. The molecule has 0 atom stereocenters. The van der Waals surface area contributed by atoms with Gasteiger partial charge in [0.2, 0.25) is 0 Å². The standard InChI is InChI=1S/C50H50N4O/c1-33-47(50(8,9)36-19-14-11-15-20-36)34(2)54(52-33)39-21-16-22-40(31-39)55-41-24-25-42-43-29-38(49(6,7)35-17-12-10-13-18-35)23-26-44(43)53(45(42)32-41)46-30-37(27-28-51-46)48(3,4)5/h10-32H,1-9H3. The number of nitrogens with zero attached hydrogens (tertiary/aromatic N) is 4. The smallest absolute Gasteiger partial charge is 0.137 e. The molecule has 0 aliphatic rings. The van der Waals surface area contributed by atoms with E-state index in [1.165, 1.54) is 33.2 Å². The molecule has 0 saturated carbocycles. The van der Waals surface area contributed by atoms with Crippen molar-refractivity contribution in [2.75, 3.05) is 0 Å². The molecule has 5 aromatic carbocycles. The van der Waals surface area contributed by atoms with Crippen LogP contribution >= 0.6 is 0 Å². The first kappa shape index (κ1) is 36.1. The summed E-state index contributed by atoms with van der Waals surface area (Å²) in [6.07, 6.45) is 1.93. The van der Waals surface area contributed by atoms with E-state index in [4.69, 9.17) is 14.8 Å². The third-order valence-electron chi connectivity index (χ3n) is 11.5. The van der Waals surface area contributed by atoms with Crippen molar-refractivity contribution in [3.63, 3.8) is 0 Å². The molecule has 0 amide bonds. The average Bonchev–Trinajstić information content (AvgIpc) is 3.67. The van der Waals surface area contributed by atoms with Crippen LogP contribution in [0, 0.1) is 13.8 Å². The van der Waals surface area contributed by atoms with Gasteiger partial charge in [0, 0.05) is 51.2 Å². The Morgan fingerprint density at radius 2 is 1.20 bits per heavy atom. The van der Waals surface area contributed by atoms with E-state index < -0.39 is 0 Å². The van der Waals surface area contributed by atoms with E-state index in [0.717, 1.165) is 50.8 Å². The monoisotopic (exact) mass is 722 g/mol. The van der Waals surface area contributed by atoms with Gasteiger partial charge >= 0.3 is 0 Å². The summed E-state index contributed by atoms with van der Waals surface area (Å²) in [4.78, 5) is 4.94. The molecule has 5 heteroatoms. The highest BCUT2D eigenvalue weighted by molar-refractivity contribution is 6.09. The van der Waals surface area contributed by atoms with Gasteiger partial charge in [0.05, 0.1) is 22.4 Å². The predicted octanol–water partition coefficient (Wildman–Crippen LogP) is 12.7. The minimum atomic E-state index is -0.199. The zero-order valence-electron chi connectivity index (χ0n) is 33.5. The lowest BCUT2D eigenvalue weighted by Crippen LogP contribution is -2.20. The van der Waals surface area contributed by atoms with Crippen LogP contribution in [0.4, 0.5) is 0 Å². The van der Waals surface area contributed by atoms with Crippen molar-refractivity contribution in [2.24, 2.45) is 0 Å². The number of rotatable bonds is 8. The number of ether oxygens (including phenoxy) is 1. The first-order valence-corrected chi connectivity index (χ1v) is 19.2. The Labute approximate surface area is 325 Å². The fraction of sp³-hybridized carbons (Fsp3) is 0.240. The highest BCUT2D eigenvalue weighted by Gasteiger charge is 2.30. The van der Waals surface area contributed by atoms with Gasteiger partial charge in [-0.2, -0.15) is 5.10 Å². The third kappa shape index (κ3) is 6.42. The van der Waals surface area contributed by atoms with Crippen LogP contribution in [0.3, 0.4) is 0 Å². The zero-order chi connectivity index (χ0) is 38.7. The van der Waals surface area contributed by atoms with E-state index >= 15 is 0 Å². The molecule has 5 nitrogen and oxygen atoms in total. The number of hydrogen-bond acceptors (Lipinski definition) is 3. The second kappa shape index (κ2) is 13.4. The van der Waals surface area contributed by atoms with Crippen molar-refractivity contribution < 1.29 is 4.74 Å². The van der Waals surface area contributed by atoms with Gasteiger partial charge in [-0.15, -0.1) is 0 Å². The van der Waals surface area contributed by atoms with Gasteiger partial charge in [-0.25, -0.2) is 9.67 Å². The van der Waals surface area contributed by atoms with Crippen LogP contribution < -0.4 is 4.74 Å². The maximum atomic E-state index is 6.69. The minimum Gasteiger partial charge on any atom is -0.457 e. The molecular weight excluding hydrogens is 673 g/mol. The Morgan fingerprint density at radius 3 is 1.89 bits per heavy atom. The van der Waals surface area contributed by atoms with Crippen molar-refractivity contribution in [3.8, 4) is 23.0 Å². The van der Waals surface area contributed by atoms with E-state index in [2.05, 4.69) is 188 Å². The summed E-state index contributed by atoms with van der Waals surface area (Å²) in [6.45, 7) is 20.2. The maximum Gasteiger partial charge on any atom is 0.137 e. The molecule has 0 unspecified atom stereocenters. The van der Waals surface area contributed by atoms with Crippen LogP contribution in [0.15, 0.2) is 140 Å². The van der Waals surface area contributed by atoms with Gasteiger partial charge in [0.1, 0.15) is 17.3 Å². The fourth-order valence-electron chi connectivity index (χ4n) is 8.34. The maximum absolute atomic E-state index is 6.69. The van der Waals surface area contributed by atoms with Crippen molar-refractivity contribution in [1.29, 1.82) is 0 Å². The number of fused-ring (bicyclic) bond motifs is 3. The Hall–Kier alpha value is -5.94. The molecule has 0 N–H and O–H groups in total. The van der Waals surface area contributed by atoms with E-state index in [0.29, 0.717) is 0 Å². The summed E-state index contributed by atoms with van der Waals surface area (Å²) in [5, 5.41) is 7.39. The van der Waals surface area contributed by atoms with Gasteiger partial charge in [0.25, 0.3) is 0 Å². The van der Waals surface area contributed by atoms with Crippen molar-refractivity contribution in [2.45, 2.75) is 78.6 Å². The molecule has 3 aromatic heterocycles. The first-order valence-electron chi connectivity index (χ1n) is 19.2. The lowest BCUT2D eigenvalue weighted by molar-refractivity contribution is 0.482. The number of pyridine rings is 1. The van der Waals surface area contributed by atoms with Crippen molar-refractivity contribution >= 4 is 21.8 Å². The summed E-state index contributed by atoms with van der Waals surface area (Å²) >= 11 is 0. The van der Waals surface area contributed by atoms with E-state index in [-0.39, 0.29) is 16.2 Å². The molecule has 0 aliphatic carbocycles. The Bertz CT molecular complexity index is 2670. The van der Waals surface area contributed by atoms with Gasteiger partial charge < -0.3 is 4.74 Å². The average molecular weight is 723 g/mol. The third-order valence-corrected chi connectivity index (χ3v) is 11.5. The highest BCUT2D eigenvalue weighted by atomic mass is 16.5. The molecule has 0 radical (unpaired) electrons. The topological polar surface area (TPSA) is 44.9 Å². The second-order valence-corrected chi connectivity index (χ2v) is 16.9. The molecular formula is C50H50N4O. The summed E-state index contributed by atoms with van der Waals surface area (Å²) in [5.74, 6) is 2.39. The highest BCUT2D eigenvalue weighted by Crippen LogP contribution is 2.40. The molecule has 0 spiro atoms. The van der Waals surface area contributed by atoms with E-state index in [1.54, 1.807) is 0 Å². The molecule has 8 aromatic rings. The molecule has 0 aliphatic heterocycles. The van der Waals surface area contributed by atoms with Crippen LogP contribution in [0.25, 0.3) is 33.3 Å². The lowest BCUT2D eigenvalue weighted by Gasteiger charge is -2.26. The zero-order valence-corrected chi connectivity index (χ0v) is 33.5. The van der Waals surface area contributed by atoms with Crippen molar-refractivity contribution in [3.05, 3.63) is 179 Å². The number of benzene rings is 5. The van der Waals surface area contributed by atoms with Gasteiger partial charge in [-0.3, -0.25) is 4.57 Å². The lowest BCUT2D eigenvalue weighted by atomic mass is 9.77. The molecule has 0 saturated heterocycles. The molecule has 8 rings (SSSR count). The molecule has 276 valence electrons. The summed E-state index contributed by atoms with van der Waals surface area (Å²) < 4.78 is 11.0. The molecule has 3 heterocycles. The van der Waals surface area contributed by atoms with Crippen LogP contribution in [0.1, 0.15) is 87.7 Å². The number of aryl methyl sites for hydroxylation is 1. The fourth-order valence-corrected chi connectivity index (χ4v) is 8.34. The van der Waals surface area contributed by atoms with Crippen LogP contribution in [-0.4, -0.2) is 19.3 Å². The number of hydrogen-bond donors (Lipinski definition) is 0. The SMILES string of the molecule is Cc1nn(-c2cccc(Oc3ccc4c5cc(C(C)(C)c6ccccc6)ccc5n(-c5cc(C(C)(C)C)ccn5)c4c3)c2)c(C)c1C(C)(C)c1ccccc1. The summed E-state index contributed by atoms with van der Waals surface area (Å²) in [5.41, 5.74) is 11.1. The van der Waals surface area contributed by atoms with Gasteiger partial charge in [-0.05, 0) is 90.0 Å². The van der Waals surface area contributed by atoms with Crippen LogP contribution in [0.2, 0.25) is 0 Å². The largest absolute Gasteiger partial charge is 0.457 e. The van der Waals surface area contributed by atoms with Crippen molar-refractivity contribution in [1.82, 2.24) is 19.3 Å². The number of aromatic nitrogens is 4. The minimum absolute atomic E-state index is 0.0217. The predicted molar refractivity (Wildman–Crippen MR) is 228 cm³/mol. The summed E-state index contributed by atoms with van der Waals surface area (Å²) in [6, 6.07) is 47.3. The second-order valence-electron chi connectivity index (χ2n) is 16.9. The Balaban J connectivity index is 1.22.